The summed E-state index contributed by atoms with van der Waals surface area (Å²) in [6.07, 6.45) is 1.37. The molecule has 0 saturated carbocycles. The van der Waals surface area contributed by atoms with Gasteiger partial charge in [0, 0.05) is 17.1 Å². The molecule has 0 aliphatic rings. The summed E-state index contributed by atoms with van der Waals surface area (Å²) in [6, 6.07) is 15.8. The van der Waals surface area contributed by atoms with Crippen molar-refractivity contribution >= 4 is 17.0 Å². The van der Waals surface area contributed by atoms with Crippen molar-refractivity contribution in [1.82, 2.24) is 4.57 Å². The SMILES string of the molecule is COc1ccccc1-c1ccc2c(ccn2C(=O)OC(C)(C)C)c1. The van der Waals surface area contributed by atoms with E-state index in [0.717, 1.165) is 27.8 Å². The van der Waals surface area contributed by atoms with Gasteiger partial charge in [-0.3, -0.25) is 4.57 Å². The number of benzene rings is 2. The van der Waals surface area contributed by atoms with Crippen LogP contribution < -0.4 is 4.74 Å². The van der Waals surface area contributed by atoms with Crippen LogP contribution in [0.15, 0.2) is 54.7 Å². The Labute approximate surface area is 141 Å². The summed E-state index contributed by atoms with van der Waals surface area (Å²) in [5.41, 5.74) is 2.36. The molecule has 2 aromatic carbocycles. The predicted octanol–water partition coefficient (Wildman–Crippen LogP) is 5.10. The van der Waals surface area contributed by atoms with Crippen molar-refractivity contribution in [3.05, 3.63) is 54.7 Å². The Bertz CT molecular complexity index is 887. The fourth-order valence-electron chi connectivity index (χ4n) is 2.66. The number of fused-ring (bicyclic) bond motifs is 1. The predicted molar refractivity (Wildman–Crippen MR) is 95.6 cm³/mol. The largest absolute Gasteiger partial charge is 0.496 e. The molecule has 4 nitrogen and oxygen atoms in total. The first-order chi connectivity index (χ1) is 11.4. The highest BCUT2D eigenvalue weighted by molar-refractivity contribution is 5.92. The second-order valence-electron chi connectivity index (χ2n) is 6.64. The summed E-state index contributed by atoms with van der Waals surface area (Å²) < 4.78 is 12.4. The molecule has 1 heterocycles. The number of hydrogen-bond donors (Lipinski definition) is 0. The Morgan fingerprint density at radius 2 is 1.79 bits per heavy atom. The van der Waals surface area contributed by atoms with Crippen LogP contribution in [0.2, 0.25) is 0 Å². The molecule has 0 saturated heterocycles. The molecule has 0 radical (unpaired) electrons. The molecule has 0 atom stereocenters. The lowest BCUT2D eigenvalue weighted by atomic mass is 10.0. The molecular weight excluding hydrogens is 302 g/mol. The van der Waals surface area contributed by atoms with Crippen molar-refractivity contribution in [2.24, 2.45) is 0 Å². The van der Waals surface area contributed by atoms with E-state index in [-0.39, 0.29) is 6.09 Å². The van der Waals surface area contributed by atoms with E-state index in [4.69, 9.17) is 9.47 Å². The summed E-state index contributed by atoms with van der Waals surface area (Å²) in [4.78, 5) is 12.3. The van der Waals surface area contributed by atoms with Crippen molar-refractivity contribution in [3.8, 4) is 16.9 Å². The maximum atomic E-state index is 12.3. The summed E-state index contributed by atoms with van der Waals surface area (Å²) in [6.45, 7) is 5.57. The Morgan fingerprint density at radius 1 is 1.04 bits per heavy atom. The number of aromatic nitrogens is 1. The smallest absolute Gasteiger partial charge is 0.418 e. The zero-order valence-electron chi connectivity index (χ0n) is 14.4. The van der Waals surface area contributed by atoms with Crippen LogP contribution in [0.4, 0.5) is 4.79 Å². The van der Waals surface area contributed by atoms with E-state index in [2.05, 4.69) is 0 Å². The average molecular weight is 323 g/mol. The maximum Gasteiger partial charge on any atom is 0.418 e. The van der Waals surface area contributed by atoms with E-state index in [0.29, 0.717) is 0 Å². The number of carbonyl (C=O) groups is 1. The summed E-state index contributed by atoms with van der Waals surface area (Å²) in [7, 11) is 1.66. The van der Waals surface area contributed by atoms with Crippen LogP contribution in [0.3, 0.4) is 0 Å². The third-order valence-electron chi connectivity index (χ3n) is 3.70. The molecule has 0 spiro atoms. The molecule has 3 aromatic rings. The van der Waals surface area contributed by atoms with E-state index in [1.165, 1.54) is 4.57 Å². The second-order valence-corrected chi connectivity index (χ2v) is 6.64. The van der Waals surface area contributed by atoms with Gasteiger partial charge >= 0.3 is 6.09 Å². The highest BCUT2D eigenvalue weighted by Gasteiger charge is 2.19. The van der Waals surface area contributed by atoms with E-state index < -0.39 is 5.60 Å². The highest BCUT2D eigenvalue weighted by atomic mass is 16.6. The van der Waals surface area contributed by atoms with Crippen LogP contribution in [-0.4, -0.2) is 23.4 Å². The molecule has 124 valence electrons. The van der Waals surface area contributed by atoms with Gasteiger partial charge in [-0.05, 0) is 50.6 Å². The van der Waals surface area contributed by atoms with Crippen LogP contribution in [0.1, 0.15) is 20.8 Å². The number of rotatable bonds is 2. The van der Waals surface area contributed by atoms with Gasteiger partial charge in [0.1, 0.15) is 11.4 Å². The van der Waals surface area contributed by atoms with Gasteiger partial charge in [0.2, 0.25) is 0 Å². The number of nitrogens with zero attached hydrogens (tertiary/aromatic N) is 1. The van der Waals surface area contributed by atoms with Crippen molar-refractivity contribution in [3.63, 3.8) is 0 Å². The van der Waals surface area contributed by atoms with Gasteiger partial charge in [-0.1, -0.05) is 24.3 Å². The van der Waals surface area contributed by atoms with Crippen LogP contribution in [0, 0.1) is 0 Å². The van der Waals surface area contributed by atoms with Gasteiger partial charge in [-0.15, -0.1) is 0 Å². The molecular formula is C20H21NO3. The number of ether oxygens (including phenoxy) is 2. The first-order valence-corrected chi connectivity index (χ1v) is 7.87. The van der Waals surface area contributed by atoms with Crippen molar-refractivity contribution in [2.45, 2.75) is 26.4 Å². The minimum absolute atomic E-state index is 0.373. The van der Waals surface area contributed by atoms with E-state index >= 15 is 0 Å². The van der Waals surface area contributed by atoms with Crippen molar-refractivity contribution in [2.75, 3.05) is 7.11 Å². The van der Waals surface area contributed by atoms with E-state index in [9.17, 15) is 4.79 Å². The van der Waals surface area contributed by atoms with Crippen LogP contribution in [0.25, 0.3) is 22.0 Å². The van der Waals surface area contributed by atoms with E-state index in [1.54, 1.807) is 13.3 Å². The Hall–Kier alpha value is -2.75. The standard InChI is InChI=1S/C20H21NO3/c1-20(2,3)24-19(22)21-12-11-15-13-14(9-10-17(15)21)16-7-5-6-8-18(16)23-4/h5-13H,1-4H3. The van der Waals surface area contributed by atoms with Crippen LogP contribution >= 0.6 is 0 Å². The van der Waals surface area contributed by atoms with Crippen LogP contribution in [-0.2, 0) is 4.74 Å². The quantitative estimate of drug-likeness (QED) is 0.659. The van der Waals surface area contributed by atoms with Gasteiger partial charge in [-0.25, -0.2) is 4.79 Å². The van der Waals surface area contributed by atoms with Gasteiger partial charge in [0.25, 0.3) is 0 Å². The minimum Gasteiger partial charge on any atom is -0.496 e. The number of methoxy groups -OCH3 is 1. The molecule has 0 bridgehead atoms. The fourth-order valence-corrected chi connectivity index (χ4v) is 2.66. The normalized spacial score (nSPS) is 11.5. The van der Waals surface area contributed by atoms with Gasteiger partial charge in [0.15, 0.2) is 0 Å². The number of hydrogen-bond acceptors (Lipinski definition) is 3. The molecule has 0 aliphatic heterocycles. The molecule has 0 fully saturated rings. The third-order valence-corrected chi connectivity index (χ3v) is 3.70. The molecule has 0 unspecified atom stereocenters. The lowest BCUT2D eigenvalue weighted by Crippen LogP contribution is -2.26. The average Bonchev–Trinajstić information content (AvgIpc) is 2.96. The van der Waals surface area contributed by atoms with Crippen molar-refractivity contribution in [1.29, 1.82) is 0 Å². The second kappa shape index (κ2) is 6.04. The monoisotopic (exact) mass is 323 g/mol. The maximum absolute atomic E-state index is 12.3. The topological polar surface area (TPSA) is 40.5 Å². The molecule has 24 heavy (non-hydrogen) atoms. The first kappa shape index (κ1) is 16.1. The first-order valence-electron chi connectivity index (χ1n) is 7.87. The van der Waals surface area contributed by atoms with Gasteiger partial charge in [0.05, 0.1) is 12.6 Å². The molecule has 0 amide bonds. The Kier molecular flexibility index (Phi) is 4.06. The van der Waals surface area contributed by atoms with Gasteiger partial charge in [-0.2, -0.15) is 0 Å². The fraction of sp³-hybridized carbons (Fsp3) is 0.250. The summed E-state index contributed by atoms with van der Waals surface area (Å²) in [5, 5.41) is 0.976. The lowest BCUT2D eigenvalue weighted by molar-refractivity contribution is 0.0544. The van der Waals surface area contributed by atoms with Gasteiger partial charge < -0.3 is 9.47 Å². The van der Waals surface area contributed by atoms with Crippen molar-refractivity contribution < 1.29 is 14.3 Å². The molecule has 1 aromatic heterocycles. The molecule has 4 heteroatoms. The number of carbonyl (C=O) groups excluding carboxylic acids is 1. The lowest BCUT2D eigenvalue weighted by Gasteiger charge is -2.19. The Balaban J connectivity index is 2.01. The number of para-hydroxylation sites is 1. The summed E-state index contributed by atoms with van der Waals surface area (Å²) >= 11 is 0. The van der Waals surface area contributed by atoms with Crippen LogP contribution in [0.5, 0.6) is 5.75 Å². The zero-order chi connectivity index (χ0) is 17.3. The zero-order valence-corrected chi connectivity index (χ0v) is 14.4. The molecule has 0 N–H and O–H groups in total. The molecule has 3 rings (SSSR count). The Morgan fingerprint density at radius 3 is 2.50 bits per heavy atom. The van der Waals surface area contributed by atoms with E-state index in [1.807, 2.05) is 69.3 Å². The summed E-state index contributed by atoms with van der Waals surface area (Å²) in [5.74, 6) is 0.823. The minimum atomic E-state index is -0.523. The highest BCUT2D eigenvalue weighted by Crippen LogP contribution is 2.32. The third kappa shape index (κ3) is 3.13. The molecule has 0 aliphatic carbocycles.